The van der Waals surface area contributed by atoms with Gasteiger partial charge in [0.15, 0.2) is 0 Å². The molecule has 2 unspecified atom stereocenters. The minimum atomic E-state index is -0.126. The van der Waals surface area contributed by atoms with E-state index in [1.54, 1.807) is 18.2 Å². The zero-order valence-corrected chi connectivity index (χ0v) is 16.7. The van der Waals surface area contributed by atoms with E-state index in [0.29, 0.717) is 28.6 Å². The maximum atomic E-state index is 13.1. The molecule has 2 aliphatic heterocycles. The monoisotopic (exact) mass is 405 g/mol. The molecule has 1 amide bonds. The number of benzene rings is 1. The van der Waals surface area contributed by atoms with Gasteiger partial charge in [-0.1, -0.05) is 29.3 Å². The van der Waals surface area contributed by atoms with E-state index in [2.05, 4.69) is 15.8 Å². The number of halogens is 2. The predicted molar refractivity (Wildman–Crippen MR) is 105 cm³/mol. The summed E-state index contributed by atoms with van der Waals surface area (Å²) in [7, 11) is 0. The standard InChI is InChI=1S/C19H21Cl2N5O/c1-10-8-13-16(23-11(2)24-18(13)15-6-7-22-25-15)9-26(10)19(27)12-4-3-5-14(20)17(12)21/h3-5,10,15,22,25H,6-9H2,1-2H3. The molecule has 1 aromatic carbocycles. The van der Waals surface area contributed by atoms with Gasteiger partial charge in [-0.3, -0.25) is 10.2 Å². The molecule has 27 heavy (non-hydrogen) atoms. The van der Waals surface area contributed by atoms with Crippen molar-refractivity contribution in [3.8, 4) is 0 Å². The van der Waals surface area contributed by atoms with Gasteiger partial charge in [-0.2, -0.15) is 0 Å². The van der Waals surface area contributed by atoms with Gasteiger partial charge in [0.25, 0.3) is 5.91 Å². The Morgan fingerprint density at radius 2 is 2.11 bits per heavy atom. The summed E-state index contributed by atoms with van der Waals surface area (Å²) in [5.41, 5.74) is 9.98. The Labute approximate surface area is 168 Å². The second kappa shape index (κ2) is 7.36. The van der Waals surface area contributed by atoms with Crippen LogP contribution in [0.5, 0.6) is 0 Å². The molecule has 2 aromatic rings. The van der Waals surface area contributed by atoms with Crippen LogP contribution in [0.2, 0.25) is 10.0 Å². The molecule has 1 saturated heterocycles. The van der Waals surface area contributed by atoms with Crippen molar-refractivity contribution in [3.05, 3.63) is 56.6 Å². The number of carbonyl (C=O) groups is 1. The van der Waals surface area contributed by atoms with Crippen molar-refractivity contribution in [2.45, 2.75) is 45.3 Å². The van der Waals surface area contributed by atoms with Gasteiger partial charge in [0.2, 0.25) is 0 Å². The van der Waals surface area contributed by atoms with Gasteiger partial charge in [0.05, 0.1) is 39.6 Å². The van der Waals surface area contributed by atoms with Gasteiger partial charge >= 0.3 is 0 Å². The van der Waals surface area contributed by atoms with Crippen molar-refractivity contribution in [1.82, 2.24) is 25.7 Å². The average Bonchev–Trinajstić information content (AvgIpc) is 3.17. The maximum absolute atomic E-state index is 13.1. The third-order valence-corrected chi connectivity index (χ3v) is 6.01. The molecular formula is C19H21Cl2N5O. The molecule has 0 radical (unpaired) electrons. The number of aromatic nitrogens is 2. The first-order valence-electron chi connectivity index (χ1n) is 9.05. The Kier molecular flexibility index (Phi) is 5.07. The molecule has 1 fully saturated rings. The first-order valence-corrected chi connectivity index (χ1v) is 9.81. The summed E-state index contributed by atoms with van der Waals surface area (Å²) in [6.07, 6.45) is 1.70. The van der Waals surface area contributed by atoms with Crippen molar-refractivity contribution in [1.29, 1.82) is 0 Å². The van der Waals surface area contributed by atoms with E-state index in [1.807, 2.05) is 18.7 Å². The van der Waals surface area contributed by atoms with Gasteiger partial charge in [-0.05, 0) is 38.8 Å². The Morgan fingerprint density at radius 1 is 1.30 bits per heavy atom. The van der Waals surface area contributed by atoms with Crippen LogP contribution in [0.1, 0.15) is 52.5 Å². The van der Waals surface area contributed by atoms with Crippen LogP contribution in [0, 0.1) is 6.92 Å². The lowest BCUT2D eigenvalue weighted by Gasteiger charge is -2.36. The summed E-state index contributed by atoms with van der Waals surface area (Å²) in [4.78, 5) is 24.3. The fourth-order valence-corrected chi connectivity index (χ4v) is 4.21. The number of rotatable bonds is 2. The molecule has 142 valence electrons. The highest BCUT2D eigenvalue weighted by atomic mass is 35.5. The zero-order chi connectivity index (χ0) is 19.1. The van der Waals surface area contributed by atoms with E-state index < -0.39 is 0 Å². The van der Waals surface area contributed by atoms with E-state index >= 15 is 0 Å². The average molecular weight is 406 g/mol. The van der Waals surface area contributed by atoms with Crippen molar-refractivity contribution >= 4 is 29.1 Å². The lowest BCUT2D eigenvalue weighted by atomic mass is 9.93. The van der Waals surface area contributed by atoms with E-state index in [9.17, 15) is 4.79 Å². The van der Waals surface area contributed by atoms with Crippen molar-refractivity contribution in [2.24, 2.45) is 0 Å². The van der Waals surface area contributed by atoms with Gasteiger partial charge in [-0.25, -0.2) is 15.4 Å². The minimum absolute atomic E-state index is 0.0134. The number of nitrogens with one attached hydrogen (secondary N) is 2. The van der Waals surface area contributed by atoms with Crippen LogP contribution in [0.4, 0.5) is 0 Å². The molecule has 0 aliphatic carbocycles. The zero-order valence-electron chi connectivity index (χ0n) is 15.2. The number of hydrogen-bond acceptors (Lipinski definition) is 5. The predicted octanol–water partition coefficient (Wildman–Crippen LogP) is 3.22. The van der Waals surface area contributed by atoms with Crippen LogP contribution in [0.25, 0.3) is 0 Å². The van der Waals surface area contributed by atoms with Crippen LogP contribution in [-0.4, -0.2) is 33.4 Å². The molecule has 8 heteroatoms. The fourth-order valence-electron chi connectivity index (χ4n) is 3.83. The second-order valence-electron chi connectivity index (χ2n) is 7.08. The normalized spacial score (nSPS) is 22.0. The topological polar surface area (TPSA) is 70.2 Å². The summed E-state index contributed by atoms with van der Waals surface area (Å²) < 4.78 is 0. The van der Waals surface area contributed by atoms with E-state index in [-0.39, 0.29) is 18.0 Å². The van der Waals surface area contributed by atoms with Crippen LogP contribution in [-0.2, 0) is 13.0 Å². The van der Waals surface area contributed by atoms with E-state index in [1.165, 1.54) is 0 Å². The Hall–Kier alpha value is -1.73. The largest absolute Gasteiger partial charge is 0.330 e. The van der Waals surface area contributed by atoms with Crippen molar-refractivity contribution < 1.29 is 4.79 Å². The number of aryl methyl sites for hydroxylation is 1. The number of nitrogens with zero attached hydrogens (tertiary/aromatic N) is 3. The quantitative estimate of drug-likeness (QED) is 0.802. The van der Waals surface area contributed by atoms with Crippen LogP contribution >= 0.6 is 23.2 Å². The summed E-state index contributed by atoms with van der Waals surface area (Å²) in [5, 5.41) is 0.677. The molecule has 0 spiro atoms. The van der Waals surface area contributed by atoms with Crippen LogP contribution < -0.4 is 10.9 Å². The highest BCUT2D eigenvalue weighted by Gasteiger charge is 2.33. The summed E-state index contributed by atoms with van der Waals surface area (Å²) in [5.74, 6) is 0.597. The van der Waals surface area contributed by atoms with Gasteiger partial charge in [0, 0.05) is 18.2 Å². The summed E-state index contributed by atoms with van der Waals surface area (Å²) in [6.45, 7) is 5.29. The molecule has 2 aliphatic rings. The summed E-state index contributed by atoms with van der Waals surface area (Å²) in [6, 6.07) is 5.33. The lowest BCUT2D eigenvalue weighted by molar-refractivity contribution is 0.0653. The number of fused-ring (bicyclic) bond motifs is 1. The SMILES string of the molecule is Cc1nc2c(c(C3CCNN3)n1)CC(C)N(C(=O)c1cccc(Cl)c1Cl)C2. The molecule has 3 heterocycles. The fraction of sp³-hybridized carbons (Fsp3) is 0.421. The highest BCUT2D eigenvalue weighted by molar-refractivity contribution is 6.43. The minimum Gasteiger partial charge on any atom is -0.330 e. The van der Waals surface area contributed by atoms with Crippen molar-refractivity contribution in [3.63, 3.8) is 0 Å². The third-order valence-electron chi connectivity index (χ3n) is 5.20. The Morgan fingerprint density at radius 3 is 2.85 bits per heavy atom. The molecule has 6 nitrogen and oxygen atoms in total. The Balaban J connectivity index is 1.69. The molecule has 4 rings (SSSR count). The third kappa shape index (κ3) is 3.43. The van der Waals surface area contributed by atoms with Gasteiger partial charge in [0.1, 0.15) is 5.82 Å². The molecule has 0 bridgehead atoms. The molecule has 1 aromatic heterocycles. The highest BCUT2D eigenvalue weighted by Crippen LogP contribution is 2.32. The first kappa shape index (κ1) is 18.6. The lowest BCUT2D eigenvalue weighted by Crippen LogP contribution is -2.44. The number of amides is 1. The smallest absolute Gasteiger partial charge is 0.256 e. The Bertz CT molecular complexity index is 898. The van der Waals surface area contributed by atoms with E-state index in [0.717, 1.165) is 35.7 Å². The number of hydrogen-bond donors (Lipinski definition) is 2. The van der Waals surface area contributed by atoms with Crippen LogP contribution in [0.15, 0.2) is 18.2 Å². The maximum Gasteiger partial charge on any atom is 0.256 e. The number of carbonyl (C=O) groups excluding carboxylic acids is 1. The number of hydrazine groups is 1. The van der Waals surface area contributed by atoms with Crippen molar-refractivity contribution in [2.75, 3.05) is 6.54 Å². The molecule has 2 N–H and O–H groups in total. The first-order chi connectivity index (χ1) is 13.0. The second-order valence-corrected chi connectivity index (χ2v) is 7.87. The van der Waals surface area contributed by atoms with Crippen LogP contribution in [0.3, 0.4) is 0 Å². The van der Waals surface area contributed by atoms with Gasteiger partial charge < -0.3 is 4.90 Å². The molecule has 2 atom stereocenters. The van der Waals surface area contributed by atoms with Gasteiger partial charge in [-0.15, -0.1) is 0 Å². The van der Waals surface area contributed by atoms with E-state index in [4.69, 9.17) is 28.2 Å². The summed E-state index contributed by atoms with van der Waals surface area (Å²) >= 11 is 12.4. The molecular weight excluding hydrogens is 385 g/mol. The molecule has 0 saturated carbocycles.